The molecule has 126 valence electrons. The third kappa shape index (κ3) is 5.58. The molecular weight excluding hydrogens is 320 g/mol. The van der Waals surface area contributed by atoms with Crippen LogP contribution >= 0.6 is 0 Å². The molecule has 0 fully saturated rings. The quantitative estimate of drug-likeness (QED) is 0.614. The summed E-state index contributed by atoms with van der Waals surface area (Å²) in [5.41, 5.74) is 5.58. The molecule has 0 unspecified atom stereocenters. The molecule has 23 heavy (non-hydrogen) atoms. The largest absolute Gasteiger partial charge is 0.372 e. The molecule has 0 aliphatic carbocycles. The van der Waals surface area contributed by atoms with E-state index >= 15 is 0 Å². The zero-order chi connectivity index (χ0) is 16.9. The number of pyridine rings is 1. The minimum absolute atomic E-state index is 0.0314. The number of aromatic amines is 1. The summed E-state index contributed by atoms with van der Waals surface area (Å²) < 4.78 is 28.0. The number of hydrogen-bond acceptors (Lipinski definition) is 8. The standard InChI is InChI=1S/C13H20N6O3S/c1-9(14)7-22-8-13-17-12(18-19-13)6-16-11-4-3-10(5-15-11)23(2,20)21/h3-5,9H,6-8,14H2,1-2H3,(H,15,16)(H,17,18,19)/t9-/m0/s1. The van der Waals surface area contributed by atoms with Crippen LogP contribution in [-0.2, 0) is 27.7 Å². The van der Waals surface area contributed by atoms with Gasteiger partial charge in [-0.15, -0.1) is 0 Å². The van der Waals surface area contributed by atoms with Gasteiger partial charge in [0.15, 0.2) is 15.7 Å². The lowest BCUT2D eigenvalue weighted by Gasteiger charge is -2.04. The maximum absolute atomic E-state index is 11.4. The van der Waals surface area contributed by atoms with Crippen LogP contribution in [0.15, 0.2) is 23.2 Å². The SMILES string of the molecule is C[C@H](N)COCc1n[nH]c(CNc2ccc(S(C)(=O)=O)cn2)n1. The van der Waals surface area contributed by atoms with E-state index < -0.39 is 9.84 Å². The number of H-pyrrole nitrogens is 1. The van der Waals surface area contributed by atoms with Crippen LogP contribution in [0.3, 0.4) is 0 Å². The highest BCUT2D eigenvalue weighted by Gasteiger charge is 2.08. The highest BCUT2D eigenvalue weighted by molar-refractivity contribution is 7.90. The molecule has 0 aliphatic rings. The minimum Gasteiger partial charge on any atom is -0.372 e. The molecule has 2 aromatic heterocycles. The molecule has 4 N–H and O–H groups in total. The monoisotopic (exact) mass is 340 g/mol. The van der Waals surface area contributed by atoms with Gasteiger partial charge in [-0.1, -0.05) is 0 Å². The third-order valence-electron chi connectivity index (χ3n) is 2.79. The molecular formula is C13H20N6O3S. The second-order valence-corrected chi connectivity index (χ2v) is 7.21. The van der Waals surface area contributed by atoms with Crippen molar-refractivity contribution in [3.8, 4) is 0 Å². The van der Waals surface area contributed by atoms with Crippen LogP contribution in [0.5, 0.6) is 0 Å². The topological polar surface area (TPSA) is 136 Å². The van der Waals surface area contributed by atoms with Gasteiger partial charge in [-0.2, -0.15) is 5.10 Å². The molecule has 0 bridgehead atoms. The maximum atomic E-state index is 11.4. The summed E-state index contributed by atoms with van der Waals surface area (Å²) in [5.74, 6) is 1.71. The van der Waals surface area contributed by atoms with E-state index in [1.165, 1.54) is 12.3 Å². The van der Waals surface area contributed by atoms with Crippen LogP contribution in [-0.4, -0.2) is 47.5 Å². The van der Waals surface area contributed by atoms with Crippen molar-refractivity contribution in [2.45, 2.75) is 31.0 Å². The van der Waals surface area contributed by atoms with Crippen LogP contribution in [0, 0.1) is 0 Å². The molecule has 9 nitrogen and oxygen atoms in total. The number of anilines is 1. The van der Waals surface area contributed by atoms with Crippen molar-refractivity contribution in [2.24, 2.45) is 5.73 Å². The van der Waals surface area contributed by atoms with Gasteiger partial charge in [0.05, 0.1) is 18.0 Å². The highest BCUT2D eigenvalue weighted by Crippen LogP contribution is 2.10. The van der Waals surface area contributed by atoms with Gasteiger partial charge in [-0.25, -0.2) is 18.4 Å². The zero-order valence-electron chi connectivity index (χ0n) is 13.0. The van der Waals surface area contributed by atoms with Gasteiger partial charge in [0.2, 0.25) is 0 Å². The molecule has 0 aliphatic heterocycles. The molecule has 2 heterocycles. The van der Waals surface area contributed by atoms with Crippen LogP contribution < -0.4 is 11.1 Å². The average Bonchev–Trinajstić information content (AvgIpc) is 2.92. The van der Waals surface area contributed by atoms with Crippen LogP contribution in [0.4, 0.5) is 5.82 Å². The highest BCUT2D eigenvalue weighted by atomic mass is 32.2. The van der Waals surface area contributed by atoms with Gasteiger partial charge in [0, 0.05) is 18.5 Å². The Hall–Kier alpha value is -2.04. The Bertz CT molecular complexity index is 726. The number of rotatable bonds is 8. The van der Waals surface area contributed by atoms with E-state index in [1.54, 1.807) is 6.07 Å². The van der Waals surface area contributed by atoms with E-state index in [4.69, 9.17) is 10.5 Å². The van der Waals surface area contributed by atoms with Crippen LogP contribution in [0.25, 0.3) is 0 Å². The van der Waals surface area contributed by atoms with Gasteiger partial charge in [0.25, 0.3) is 0 Å². The van der Waals surface area contributed by atoms with Crippen molar-refractivity contribution in [3.63, 3.8) is 0 Å². The Kier molecular flexibility index (Phi) is 5.64. The first-order chi connectivity index (χ1) is 10.8. The first-order valence-electron chi connectivity index (χ1n) is 6.98. The smallest absolute Gasteiger partial charge is 0.177 e. The molecule has 0 spiro atoms. The van der Waals surface area contributed by atoms with Crippen molar-refractivity contribution in [1.29, 1.82) is 0 Å². The van der Waals surface area contributed by atoms with Crippen molar-refractivity contribution in [3.05, 3.63) is 30.0 Å². The summed E-state index contributed by atoms with van der Waals surface area (Å²) >= 11 is 0. The summed E-state index contributed by atoms with van der Waals surface area (Å²) in [6.07, 6.45) is 2.45. The summed E-state index contributed by atoms with van der Waals surface area (Å²) in [4.78, 5) is 8.48. The lowest BCUT2D eigenvalue weighted by atomic mass is 10.4. The summed E-state index contributed by atoms with van der Waals surface area (Å²) in [6.45, 7) is 2.97. The minimum atomic E-state index is -3.24. The fourth-order valence-electron chi connectivity index (χ4n) is 1.69. The Balaban J connectivity index is 1.85. The fraction of sp³-hybridized carbons (Fsp3) is 0.462. The number of aromatic nitrogens is 4. The first kappa shape index (κ1) is 17.3. The van der Waals surface area contributed by atoms with Crippen molar-refractivity contribution in [2.75, 3.05) is 18.2 Å². The normalized spacial score (nSPS) is 13.0. The van der Waals surface area contributed by atoms with Crippen molar-refractivity contribution < 1.29 is 13.2 Å². The maximum Gasteiger partial charge on any atom is 0.177 e. The van der Waals surface area contributed by atoms with Gasteiger partial charge >= 0.3 is 0 Å². The summed E-state index contributed by atoms with van der Waals surface area (Å²) in [5, 5.41) is 9.85. The fourth-order valence-corrected chi connectivity index (χ4v) is 2.25. The number of nitrogens with one attached hydrogen (secondary N) is 2. The number of nitrogens with zero attached hydrogens (tertiary/aromatic N) is 3. The summed E-state index contributed by atoms with van der Waals surface area (Å²) in [6, 6.07) is 3.06. The Morgan fingerprint density at radius 2 is 2.22 bits per heavy atom. The number of ether oxygens (including phenoxy) is 1. The molecule has 2 rings (SSSR count). The molecule has 0 radical (unpaired) electrons. The van der Waals surface area contributed by atoms with E-state index in [9.17, 15) is 8.42 Å². The molecule has 0 saturated carbocycles. The predicted molar refractivity (Wildman–Crippen MR) is 84.4 cm³/mol. The Morgan fingerprint density at radius 1 is 1.43 bits per heavy atom. The van der Waals surface area contributed by atoms with Crippen LogP contribution in [0.2, 0.25) is 0 Å². The lowest BCUT2D eigenvalue weighted by molar-refractivity contribution is 0.106. The zero-order valence-corrected chi connectivity index (χ0v) is 13.8. The van der Waals surface area contributed by atoms with Crippen molar-refractivity contribution in [1.82, 2.24) is 20.2 Å². The molecule has 10 heteroatoms. The van der Waals surface area contributed by atoms with Crippen LogP contribution in [0.1, 0.15) is 18.6 Å². The van der Waals surface area contributed by atoms with E-state index in [0.29, 0.717) is 37.2 Å². The second-order valence-electron chi connectivity index (χ2n) is 5.20. The van der Waals surface area contributed by atoms with E-state index in [0.717, 1.165) is 6.26 Å². The van der Waals surface area contributed by atoms with E-state index in [1.807, 2.05) is 6.92 Å². The van der Waals surface area contributed by atoms with E-state index in [2.05, 4.69) is 25.5 Å². The molecule has 0 amide bonds. The lowest BCUT2D eigenvalue weighted by Crippen LogP contribution is -2.21. The molecule has 0 saturated heterocycles. The number of hydrogen-bond donors (Lipinski definition) is 3. The second kappa shape index (κ2) is 7.49. The molecule has 1 atom stereocenters. The average molecular weight is 340 g/mol. The Morgan fingerprint density at radius 3 is 2.83 bits per heavy atom. The van der Waals surface area contributed by atoms with Gasteiger partial charge in [0.1, 0.15) is 18.2 Å². The van der Waals surface area contributed by atoms with E-state index in [-0.39, 0.29) is 10.9 Å². The van der Waals surface area contributed by atoms with Gasteiger partial charge in [-0.3, -0.25) is 5.10 Å². The first-order valence-corrected chi connectivity index (χ1v) is 8.87. The number of nitrogens with two attached hydrogens (primary N) is 1. The van der Waals surface area contributed by atoms with Gasteiger partial charge < -0.3 is 15.8 Å². The predicted octanol–water partition coefficient (Wildman–Crippen LogP) is 0.0791. The Labute approximate surface area is 134 Å². The van der Waals surface area contributed by atoms with Crippen molar-refractivity contribution >= 4 is 15.7 Å². The third-order valence-corrected chi connectivity index (χ3v) is 3.89. The number of sulfone groups is 1. The van der Waals surface area contributed by atoms with Gasteiger partial charge in [-0.05, 0) is 19.1 Å². The molecule has 0 aromatic carbocycles. The molecule has 2 aromatic rings. The summed E-state index contributed by atoms with van der Waals surface area (Å²) in [7, 11) is -3.24.